The highest BCUT2D eigenvalue weighted by atomic mass is 19.1. The van der Waals surface area contributed by atoms with Crippen molar-refractivity contribution >= 4 is 10.9 Å². The number of fused-ring (bicyclic) bond motifs is 1. The molecule has 5 aromatic rings. The molecule has 2 heterocycles. The highest BCUT2D eigenvalue weighted by Crippen LogP contribution is 2.34. The predicted octanol–water partition coefficient (Wildman–Crippen LogP) is 5.13. The molecule has 0 fully saturated rings. The maximum atomic E-state index is 13.6. The van der Waals surface area contributed by atoms with E-state index < -0.39 is 0 Å². The molecule has 0 bridgehead atoms. The first-order chi connectivity index (χ1) is 20.8. The summed E-state index contributed by atoms with van der Waals surface area (Å²) in [7, 11) is 4.78. The summed E-state index contributed by atoms with van der Waals surface area (Å²) in [4.78, 5) is 18.7. The van der Waals surface area contributed by atoms with Crippen LogP contribution in [0.2, 0.25) is 0 Å². The third-order valence-electron chi connectivity index (χ3n) is 7.46. The second-order valence-corrected chi connectivity index (χ2v) is 10.6. The number of methoxy groups -OCH3 is 3. The van der Waals surface area contributed by atoms with Gasteiger partial charge >= 0.3 is 0 Å². The maximum Gasteiger partial charge on any atom is 0.252 e. The molecule has 0 aliphatic rings. The molecule has 0 radical (unpaired) electrons. The van der Waals surface area contributed by atoms with Gasteiger partial charge in [0.15, 0.2) is 17.3 Å². The molecule has 0 saturated heterocycles. The van der Waals surface area contributed by atoms with Crippen molar-refractivity contribution in [2.24, 2.45) is 5.92 Å². The Morgan fingerprint density at radius 2 is 1.56 bits per heavy atom. The average Bonchev–Trinajstić information content (AvgIpc) is 3.45. The van der Waals surface area contributed by atoms with Crippen LogP contribution in [-0.4, -0.2) is 51.4 Å². The van der Waals surface area contributed by atoms with Crippen molar-refractivity contribution in [1.29, 1.82) is 0 Å². The number of H-pyrrole nitrogens is 1. The van der Waals surface area contributed by atoms with Gasteiger partial charge in [-0.05, 0) is 52.2 Å². The first kappa shape index (κ1) is 29.7. The number of hydrogen-bond acceptors (Lipinski definition) is 8. The fraction of sp³-hybridized carbons (Fsp3) is 0.312. The number of hydrogen-bond donors (Lipinski definition) is 1. The van der Waals surface area contributed by atoms with Crippen molar-refractivity contribution in [3.05, 3.63) is 105 Å². The number of ether oxygens (including phenoxy) is 3. The molecule has 224 valence electrons. The smallest absolute Gasteiger partial charge is 0.252 e. The zero-order chi connectivity index (χ0) is 30.5. The van der Waals surface area contributed by atoms with Crippen molar-refractivity contribution in [1.82, 2.24) is 30.1 Å². The van der Waals surface area contributed by atoms with Crippen LogP contribution in [0.3, 0.4) is 0 Å². The van der Waals surface area contributed by atoms with Crippen LogP contribution in [-0.2, 0) is 19.6 Å². The number of aromatic nitrogens is 5. The Morgan fingerprint density at radius 3 is 2.26 bits per heavy atom. The summed E-state index contributed by atoms with van der Waals surface area (Å²) in [5.41, 5.74) is 2.82. The van der Waals surface area contributed by atoms with Crippen molar-refractivity contribution in [3.63, 3.8) is 0 Å². The lowest BCUT2D eigenvalue weighted by Gasteiger charge is -2.34. The quantitative estimate of drug-likeness (QED) is 0.215. The van der Waals surface area contributed by atoms with E-state index in [2.05, 4.69) is 39.3 Å². The van der Waals surface area contributed by atoms with Crippen LogP contribution in [0.4, 0.5) is 4.39 Å². The molecule has 3 aromatic carbocycles. The molecule has 0 saturated carbocycles. The van der Waals surface area contributed by atoms with Crippen molar-refractivity contribution in [2.75, 3.05) is 21.3 Å². The number of rotatable bonds is 12. The lowest BCUT2D eigenvalue weighted by molar-refractivity contribution is 0.125. The Balaban J connectivity index is 1.58. The van der Waals surface area contributed by atoms with E-state index >= 15 is 0 Å². The Kier molecular flexibility index (Phi) is 9.01. The van der Waals surface area contributed by atoms with Gasteiger partial charge in [-0.1, -0.05) is 44.2 Å². The van der Waals surface area contributed by atoms with E-state index in [1.807, 2.05) is 36.4 Å². The van der Waals surface area contributed by atoms with Crippen LogP contribution in [0, 0.1) is 11.7 Å². The number of tetrazole rings is 1. The van der Waals surface area contributed by atoms with Crippen LogP contribution >= 0.6 is 0 Å². The lowest BCUT2D eigenvalue weighted by atomic mass is 9.99. The van der Waals surface area contributed by atoms with Crippen molar-refractivity contribution in [3.8, 4) is 17.2 Å². The Bertz CT molecular complexity index is 1750. The highest BCUT2D eigenvalue weighted by molar-refractivity contribution is 5.83. The number of pyridine rings is 1. The Labute approximate surface area is 249 Å². The molecule has 5 rings (SSSR count). The van der Waals surface area contributed by atoms with Crippen LogP contribution in [0.25, 0.3) is 10.9 Å². The minimum absolute atomic E-state index is 0.0524. The van der Waals surface area contributed by atoms with Gasteiger partial charge in [0, 0.05) is 35.7 Å². The monoisotopic (exact) mass is 586 g/mol. The van der Waals surface area contributed by atoms with Crippen molar-refractivity contribution in [2.45, 2.75) is 39.5 Å². The molecular formula is C32H35FN6O4. The number of para-hydroxylation sites is 1. The highest BCUT2D eigenvalue weighted by Gasteiger charge is 2.31. The minimum Gasteiger partial charge on any atom is -0.496 e. The van der Waals surface area contributed by atoms with E-state index in [1.165, 1.54) is 12.1 Å². The SMILES string of the molecule is COc1ccccc1CN(Cc1cc2cc(OC)c(OC)cc2[nH]c1=O)[C@H](c1nnnn1Cc1ccc(F)cc1)C(C)C. The number of aromatic amines is 1. The van der Waals surface area contributed by atoms with Gasteiger partial charge in [0.25, 0.3) is 5.56 Å². The van der Waals surface area contributed by atoms with Gasteiger partial charge in [0.2, 0.25) is 0 Å². The van der Waals surface area contributed by atoms with E-state index in [1.54, 1.807) is 44.2 Å². The second-order valence-electron chi connectivity index (χ2n) is 10.6. The lowest BCUT2D eigenvalue weighted by Crippen LogP contribution is -2.35. The number of nitrogens with one attached hydrogen (secondary N) is 1. The molecule has 1 N–H and O–H groups in total. The van der Waals surface area contributed by atoms with E-state index in [9.17, 15) is 9.18 Å². The standard InChI is InChI=1S/C32H35FN6O4/c1-20(2)30(31-35-36-37-39(31)17-21-10-12-25(33)13-11-21)38(18-22-8-6-7-9-27(22)41-3)19-24-14-23-15-28(42-4)29(43-5)16-26(23)34-32(24)40/h6-16,20,30H,17-19H2,1-5H3,(H,34,40)/t30-/m0/s1. The topological polar surface area (TPSA) is 107 Å². The van der Waals surface area contributed by atoms with Crippen LogP contribution in [0.1, 0.15) is 42.4 Å². The second kappa shape index (κ2) is 13.0. The third-order valence-corrected chi connectivity index (χ3v) is 7.46. The van der Waals surface area contributed by atoms with Gasteiger partial charge in [-0.25, -0.2) is 9.07 Å². The normalized spacial score (nSPS) is 12.2. The molecule has 0 unspecified atom stereocenters. The molecule has 2 aromatic heterocycles. The van der Waals surface area contributed by atoms with Crippen LogP contribution in [0.5, 0.6) is 17.2 Å². The fourth-order valence-corrected chi connectivity index (χ4v) is 5.40. The van der Waals surface area contributed by atoms with E-state index in [-0.39, 0.29) is 23.3 Å². The summed E-state index contributed by atoms with van der Waals surface area (Å²) >= 11 is 0. The van der Waals surface area contributed by atoms with E-state index in [0.717, 1.165) is 22.3 Å². The Hall–Kier alpha value is -4.77. The molecule has 11 heteroatoms. The molecule has 43 heavy (non-hydrogen) atoms. The summed E-state index contributed by atoms with van der Waals surface area (Å²) in [6.07, 6.45) is 0. The molecule has 0 spiro atoms. The van der Waals surface area contributed by atoms with Gasteiger partial charge in [-0.15, -0.1) is 5.10 Å². The average molecular weight is 587 g/mol. The number of halogens is 1. The first-order valence-corrected chi connectivity index (χ1v) is 14.0. The van der Waals surface area contributed by atoms with Gasteiger partial charge in [-0.3, -0.25) is 9.69 Å². The molecule has 10 nitrogen and oxygen atoms in total. The summed E-state index contributed by atoms with van der Waals surface area (Å²) in [5, 5.41) is 13.5. The number of benzene rings is 3. The molecule has 0 aliphatic carbocycles. The zero-order valence-electron chi connectivity index (χ0n) is 24.9. The maximum absolute atomic E-state index is 13.6. The summed E-state index contributed by atoms with van der Waals surface area (Å²) < 4.78 is 31.9. The Morgan fingerprint density at radius 1 is 0.884 bits per heavy atom. The predicted molar refractivity (Wildman–Crippen MR) is 161 cm³/mol. The van der Waals surface area contributed by atoms with Crippen LogP contribution < -0.4 is 19.8 Å². The van der Waals surface area contributed by atoms with Gasteiger partial charge < -0.3 is 19.2 Å². The summed E-state index contributed by atoms with van der Waals surface area (Å²) in [6.45, 7) is 5.31. The largest absolute Gasteiger partial charge is 0.496 e. The summed E-state index contributed by atoms with van der Waals surface area (Å²) in [6, 6.07) is 19.3. The van der Waals surface area contributed by atoms with Gasteiger partial charge in [-0.2, -0.15) is 0 Å². The summed E-state index contributed by atoms with van der Waals surface area (Å²) in [5.74, 6) is 2.22. The molecular weight excluding hydrogens is 551 g/mol. The molecule has 1 atom stereocenters. The van der Waals surface area contributed by atoms with Crippen molar-refractivity contribution < 1.29 is 18.6 Å². The van der Waals surface area contributed by atoms with Gasteiger partial charge in [0.1, 0.15) is 11.6 Å². The van der Waals surface area contributed by atoms with Crippen LogP contribution in [0.15, 0.2) is 71.5 Å². The fourth-order valence-electron chi connectivity index (χ4n) is 5.40. The third kappa shape index (κ3) is 6.51. The molecule has 0 aliphatic heterocycles. The number of nitrogens with zero attached hydrogens (tertiary/aromatic N) is 5. The van der Waals surface area contributed by atoms with E-state index in [4.69, 9.17) is 14.2 Å². The minimum atomic E-state index is -0.305. The zero-order valence-corrected chi connectivity index (χ0v) is 24.9. The van der Waals surface area contributed by atoms with E-state index in [0.29, 0.717) is 48.0 Å². The van der Waals surface area contributed by atoms with Gasteiger partial charge in [0.05, 0.1) is 39.4 Å². The first-order valence-electron chi connectivity index (χ1n) is 14.0. The molecule has 0 amide bonds.